The lowest BCUT2D eigenvalue weighted by Gasteiger charge is -2.18. The third-order valence-electron chi connectivity index (χ3n) is 3.69. The largest absolute Gasteiger partial charge is 0.465 e. The average molecular weight is 365 g/mol. The van der Waals surface area contributed by atoms with Crippen molar-refractivity contribution in [3.63, 3.8) is 0 Å². The molecule has 3 aromatic rings. The van der Waals surface area contributed by atoms with Gasteiger partial charge in [-0.15, -0.1) is 15.3 Å². The number of fused-ring (bicyclic) bond motifs is 1. The molecule has 0 radical (unpaired) electrons. The van der Waals surface area contributed by atoms with Crippen LogP contribution in [0, 0.1) is 0 Å². The molecule has 0 spiro atoms. The highest BCUT2D eigenvalue weighted by molar-refractivity contribution is 5.89. The van der Waals surface area contributed by atoms with Crippen LogP contribution in [0.15, 0.2) is 36.4 Å². The summed E-state index contributed by atoms with van der Waals surface area (Å²) >= 11 is 0. The van der Waals surface area contributed by atoms with Gasteiger partial charge in [0.05, 0.1) is 12.7 Å². The predicted molar refractivity (Wildman–Crippen MR) is 85.7 cm³/mol. The Hall–Kier alpha value is -3.17. The van der Waals surface area contributed by atoms with Crippen LogP contribution in [0.25, 0.3) is 5.65 Å². The molecular formula is C16H14F3N5O2. The van der Waals surface area contributed by atoms with Gasteiger partial charge in [-0.25, -0.2) is 4.79 Å². The van der Waals surface area contributed by atoms with E-state index in [0.29, 0.717) is 22.4 Å². The van der Waals surface area contributed by atoms with Crippen molar-refractivity contribution in [2.45, 2.75) is 12.7 Å². The molecule has 0 atom stereocenters. The smallest absolute Gasteiger partial charge is 0.453 e. The molecule has 10 heteroatoms. The summed E-state index contributed by atoms with van der Waals surface area (Å²) in [5, 5.41) is 10.6. The first-order valence-electron chi connectivity index (χ1n) is 7.47. The van der Waals surface area contributed by atoms with E-state index in [9.17, 15) is 18.0 Å². The lowest BCUT2D eigenvalue weighted by Crippen LogP contribution is -2.20. The van der Waals surface area contributed by atoms with E-state index in [1.165, 1.54) is 13.2 Å². The standard InChI is InChI=1S/C16H14F3N5O2/c1-23(9-10-3-5-11(6-4-10)14(25)26-2)13-8-7-12-20-21-15(16(17,18)19)24(12)22-13/h3-8H,9H2,1-2H3. The van der Waals surface area contributed by atoms with Crippen LogP contribution in [0.3, 0.4) is 0 Å². The normalized spacial score (nSPS) is 11.6. The lowest BCUT2D eigenvalue weighted by atomic mass is 10.1. The van der Waals surface area contributed by atoms with Gasteiger partial charge in [0.15, 0.2) is 5.65 Å². The highest BCUT2D eigenvalue weighted by Crippen LogP contribution is 2.28. The van der Waals surface area contributed by atoms with E-state index >= 15 is 0 Å². The number of methoxy groups -OCH3 is 1. The molecule has 136 valence electrons. The molecule has 2 heterocycles. The number of carbonyl (C=O) groups is 1. The number of rotatable bonds is 4. The third kappa shape index (κ3) is 3.44. The van der Waals surface area contributed by atoms with Crippen LogP contribution in [-0.2, 0) is 17.5 Å². The Kier molecular flexibility index (Phi) is 4.49. The molecule has 0 aliphatic heterocycles. The van der Waals surface area contributed by atoms with Gasteiger partial charge >= 0.3 is 12.1 Å². The Morgan fingerprint density at radius 3 is 2.46 bits per heavy atom. The molecule has 0 saturated carbocycles. The minimum Gasteiger partial charge on any atom is -0.465 e. The summed E-state index contributed by atoms with van der Waals surface area (Å²) in [6.45, 7) is 0.378. The first-order valence-corrected chi connectivity index (χ1v) is 7.47. The van der Waals surface area contributed by atoms with Crippen molar-refractivity contribution in [1.29, 1.82) is 0 Å². The Balaban J connectivity index is 1.83. The molecule has 26 heavy (non-hydrogen) atoms. The number of ether oxygens (including phenoxy) is 1. The molecule has 0 aliphatic rings. The van der Waals surface area contributed by atoms with Crippen LogP contribution >= 0.6 is 0 Å². The topological polar surface area (TPSA) is 72.6 Å². The van der Waals surface area contributed by atoms with Gasteiger partial charge in [-0.05, 0) is 29.8 Å². The Bertz CT molecular complexity index is 937. The Morgan fingerprint density at radius 2 is 1.85 bits per heavy atom. The first-order chi connectivity index (χ1) is 12.3. The van der Waals surface area contributed by atoms with Crippen molar-refractivity contribution >= 4 is 17.4 Å². The van der Waals surface area contributed by atoms with Crippen LogP contribution in [-0.4, -0.2) is 39.9 Å². The summed E-state index contributed by atoms with van der Waals surface area (Å²) in [4.78, 5) is 13.1. The summed E-state index contributed by atoms with van der Waals surface area (Å²) in [7, 11) is 2.99. The van der Waals surface area contributed by atoms with Crippen molar-refractivity contribution in [3.8, 4) is 0 Å². The van der Waals surface area contributed by atoms with Crippen molar-refractivity contribution in [1.82, 2.24) is 19.8 Å². The van der Waals surface area contributed by atoms with E-state index in [4.69, 9.17) is 0 Å². The second kappa shape index (κ2) is 6.62. The number of nitrogens with zero attached hydrogens (tertiary/aromatic N) is 5. The van der Waals surface area contributed by atoms with Gasteiger partial charge in [-0.3, -0.25) is 0 Å². The molecule has 2 aromatic heterocycles. The van der Waals surface area contributed by atoms with Gasteiger partial charge in [0.1, 0.15) is 5.82 Å². The molecule has 0 unspecified atom stereocenters. The van der Waals surface area contributed by atoms with E-state index in [1.807, 2.05) is 0 Å². The number of hydrogen-bond donors (Lipinski definition) is 0. The average Bonchev–Trinajstić information content (AvgIpc) is 3.05. The molecule has 0 aliphatic carbocycles. The van der Waals surface area contributed by atoms with Gasteiger partial charge in [-0.1, -0.05) is 12.1 Å². The zero-order chi connectivity index (χ0) is 18.9. The number of anilines is 1. The van der Waals surface area contributed by atoms with E-state index in [0.717, 1.165) is 5.56 Å². The van der Waals surface area contributed by atoms with Crippen molar-refractivity contribution in [2.75, 3.05) is 19.1 Å². The minimum absolute atomic E-state index is 0.0110. The van der Waals surface area contributed by atoms with Crippen LogP contribution in [0.1, 0.15) is 21.7 Å². The predicted octanol–water partition coefficient (Wildman–Crippen LogP) is 2.57. The van der Waals surface area contributed by atoms with Crippen LogP contribution in [0.2, 0.25) is 0 Å². The number of benzene rings is 1. The summed E-state index contributed by atoms with van der Waals surface area (Å²) < 4.78 is 44.2. The number of carbonyl (C=O) groups excluding carboxylic acids is 1. The number of hydrogen-bond acceptors (Lipinski definition) is 6. The number of alkyl halides is 3. The molecule has 0 saturated heterocycles. The molecular weight excluding hydrogens is 351 g/mol. The fraction of sp³-hybridized carbons (Fsp3) is 0.250. The fourth-order valence-corrected chi connectivity index (χ4v) is 2.38. The van der Waals surface area contributed by atoms with Gasteiger partial charge < -0.3 is 9.64 Å². The molecule has 1 aromatic carbocycles. The van der Waals surface area contributed by atoms with E-state index in [2.05, 4.69) is 20.0 Å². The molecule has 0 bridgehead atoms. The number of esters is 1. The SMILES string of the molecule is COC(=O)c1ccc(CN(C)c2ccc3nnc(C(F)(F)F)n3n2)cc1. The van der Waals surface area contributed by atoms with Gasteiger partial charge in [-0.2, -0.15) is 17.7 Å². The van der Waals surface area contributed by atoms with Gasteiger partial charge in [0.25, 0.3) is 5.82 Å². The van der Waals surface area contributed by atoms with Crippen molar-refractivity contribution in [3.05, 3.63) is 53.3 Å². The molecule has 0 fully saturated rings. The van der Waals surface area contributed by atoms with E-state index in [1.54, 1.807) is 42.3 Å². The maximum atomic E-state index is 12.9. The summed E-state index contributed by atoms with van der Waals surface area (Å²) in [5.41, 5.74) is 1.27. The molecule has 0 amide bonds. The second-order valence-electron chi connectivity index (χ2n) is 5.53. The second-order valence-corrected chi connectivity index (χ2v) is 5.53. The zero-order valence-corrected chi connectivity index (χ0v) is 13.9. The molecule has 3 rings (SSSR count). The Labute approximate surface area is 146 Å². The lowest BCUT2D eigenvalue weighted by molar-refractivity contribution is -0.146. The maximum absolute atomic E-state index is 12.9. The first kappa shape index (κ1) is 17.6. The van der Waals surface area contributed by atoms with Crippen molar-refractivity contribution in [2.24, 2.45) is 0 Å². The quantitative estimate of drug-likeness (QED) is 0.662. The summed E-state index contributed by atoms with van der Waals surface area (Å²) in [6, 6.07) is 9.69. The zero-order valence-electron chi connectivity index (χ0n) is 13.9. The van der Waals surface area contributed by atoms with Crippen LogP contribution in [0.4, 0.5) is 19.0 Å². The van der Waals surface area contributed by atoms with E-state index < -0.39 is 18.0 Å². The summed E-state index contributed by atoms with van der Waals surface area (Å²) in [6.07, 6.45) is -4.65. The minimum atomic E-state index is -4.65. The molecule has 0 N–H and O–H groups in total. The third-order valence-corrected chi connectivity index (χ3v) is 3.69. The Morgan fingerprint density at radius 1 is 1.15 bits per heavy atom. The number of halogens is 3. The summed E-state index contributed by atoms with van der Waals surface area (Å²) in [5.74, 6) is -1.30. The monoisotopic (exact) mass is 365 g/mol. The molecule has 7 nitrogen and oxygen atoms in total. The maximum Gasteiger partial charge on any atom is 0.453 e. The highest BCUT2D eigenvalue weighted by Gasteiger charge is 2.37. The van der Waals surface area contributed by atoms with Gasteiger partial charge in [0.2, 0.25) is 0 Å². The van der Waals surface area contributed by atoms with Crippen LogP contribution in [0.5, 0.6) is 0 Å². The van der Waals surface area contributed by atoms with E-state index in [-0.39, 0.29) is 5.65 Å². The van der Waals surface area contributed by atoms with Crippen molar-refractivity contribution < 1.29 is 22.7 Å². The van der Waals surface area contributed by atoms with Crippen LogP contribution < -0.4 is 4.90 Å². The van der Waals surface area contributed by atoms with Gasteiger partial charge in [0, 0.05) is 13.6 Å². The number of aromatic nitrogens is 4. The fourth-order valence-electron chi connectivity index (χ4n) is 2.38. The highest BCUT2D eigenvalue weighted by atomic mass is 19.4.